The van der Waals surface area contributed by atoms with Crippen LogP contribution in [0.5, 0.6) is 0 Å². The first-order valence-electron chi connectivity index (χ1n) is 7.27. The van der Waals surface area contributed by atoms with E-state index in [0.717, 1.165) is 17.8 Å². The van der Waals surface area contributed by atoms with E-state index < -0.39 is 11.6 Å². The molecule has 4 nitrogen and oxygen atoms in total. The zero-order chi connectivity index (χ0) is 17.3. The molecular weight excluding hydrogens is 334 g/mol. The van der Waals surface area contributed by atoms with Crippen molar-refractivity contribution in [2.24, 2.45) is 0 Å². The Morgan fingerprint density at radius 2 is 1.88 bits per heavy atom. The first kappa shape index (κ1) is 16.4. The largest absolute Gasteiger partial charge is 0.439 e. The summed E-state index contributed by atoms with van der Waals surface area (Å²) < 4.78 is 32.7. The number of hydrogen-bond donors (Lipinski definition) is 0. The van der Waals surface area contributed by atoms with Crippen molar-refractivity contribution in [2.45, 2.75) is 26.7 Å². The average Bonchev–Trinajstić information content (AvgIpc) is 3.09. The lowest BCUT2D eigenvalue weighted by atomic mass is 10.1. The summed E-state index contributed by atoms with van der Waals surface area (Å²) in [6.07, 6.45) is -0.279. The standard InChI is InChI=1S/C17H14F2N2O2S/c1-9-17(23-10(2)20-9)15-8-24-16(21-15)7-11(22)6-12-13(18)4-3-5-14(12)19/h3-5,8H,6-7H2,1-2H3. The maximum absolute atomic E-state index is 13.6. The number of hydrogen-bond acceptors (Lipinski definition) is 5. The molecule has 3 rings (SSSR count). The number of thiazole rings is 1. The van der Waals surface area contributed by atoms with Crippen molar-refractivity contribution in [3.63, 3.8) is 0 Å². The third kappa shape index (κ3) is 3.41. The Bertz CT molecular complexity index is 882. The van der Waals surface area contributed by atoms with Gasteiger partial charge in [0.25, 0.3) is 0 Å². The first-order valence-corrected chi connectivity index (χ1v) is 8.15. The number of rotatable bonds is 5. The molecule has 0 aliphatic rings. The number of carbonyl (C=O) groups excluding carboxylic acids is 1. The number of carbonyl (C=O) groups is 1. The fraction of sp³-hybridized carbons (Fsp3) is 0.235. The minimum Gasteiger partial charge on any atom is -0.439 e. The molecule has 0 saturated carbocycles. The third-order valence-electron chi connectivity index (χ3n) is 3.47. The molecule has 3 aromatic rings. The van der Waals surface area contributed by atoms with Gasteiger partial charge in [-0.15, -0.1) is 11.3 Å². The predicted molar refractivity (Wildman–Crippen MR) is 85.9 cm³/mol. The summed E-state index contributed by atoms with van der Waals surface area (Å²) in [5.41, 5.74) is 1.13. The number of Topliss-reactive ketones (excluding diaryl/α,β-unsaturated/α-hetero) is 1. The molecular formula is C17H14F2N2O2S. The second kappa shape index (κ2) is 6.60. The van der Waals surface area contributed by atoms with Crippen LogP contribution >= 0.6 is 11.3 Å². The van der Waals surface area contributed by atoms with Gasteiger partial charge < -0.3 is 4.42 Å². The van der Waals surface area contributed by atoms with E-state index in [1.807, 2.05) is 6.92 Å². The van der Waals surface area contributed by atoms with Crippen LogP contribution in [0.15, 0.2) is 28.0 Å². The molecule has 7 heteroatoms. The van der Waals surface area contributed by atoms with E-state index in [-0.39, 0.29) is 24.2 Å². The van der Waals surface area contributed by atoms with Crippen molar-refractivity contribution in [1.82, 2.24) is 9.97 Å². The second-order valence-electron chi connectivity index (χ2n) is 5.37. The fourth-order valence-corrected chi connectivity index (χ4v) is 3.20. The molecule has 0 saturated heterocycles. The summed E-state index contributed by atoms with van der Waals surface area (Å²) in [6.45, 7) is 3.56. The zero-order valence-electron chi connectivity index (χ0n) is 13.1. The molecule has 1 aromatic carbocycles. The minimum atomic E-state index is -0.712. The first-order chi connectivity index (χ1) is 11.4. The molecule has 0 amide bonds. The minimum absolute atomic E-state index is 0.0185. The van der Waals surface area contributed by atoms with E-state index in [1.54, 1.807) is 12.3 Å². The molecule has 0 fully saturated rings. The smallest absolute Gasteiger partial charge is 0.192 e. The van der Waals surface area contributed by atoms with Gasteiger partial charge in [0.05, 0.1) is 12.1 Å². The van der Waals surface area contributed by atoms with Crippen LogP contribution in [0.3, 0.4) is 0 Å². The Balaban J connectivity index is 1.73. The van der Waals surface area contributed by atoms with Crippen molar-refractivity contribution in [3.8, 4) is 11.5 Å². The highest BCUT2D eigenvalue weighted by atomic mass is 32.1. The summed E-state index contributed by atoms with van der Waals surface area (Å²) >= 11 is 1.30. The van der Waals surface area contributed by atoms with E-state index in [0.29, 0.717) is 22.4 Å². The molecule has 0 spiro atoms. The van der Waals surface area contributed by atoms with Crippen LogP contribution in [0.1, 0.15) is 22.2 Å². The highest BCUT2D eigenvalue weighted by Crippen LogP contribution is 2.26. The van der Waals surface area contributed by atoms with Crippen LogP contribution in [0.4, 0.5) is 8.78 Å². The number of benzene rings is 1. The maximum atomic E-state index is 13.6. The lowest BCUT2D eigenvalue weighted by Gasteiger charge is -2.03. The molecule has 124 valence electrons. The normalized spacial score (nSPS) is 11.0. The Morgan fingerprint density at radius 3 is 2.50 bits per heavy atom. The molecule has 0 aliphatic carbocycles. The number of aromatic nitrogens is 2. The Hall–Kier alpha value is -2.41. The monoisotopic (exact) mass is 348 g/mol. The zero-order valence-corrected chi connectivity index (χ0v) is 13.9. The van der Waals surface area contributed by atoms with Crippen molar-refractivity contribution in [3.05, 3.63) is 57.4 Å². The van der Waals surface area contributed by atoms with Crippen LogP contribution < -0.4 is 0 Å². The van der Waals surface area contributed by atoms with E-state index in [1.165, 1.54) is 17.4 Å². The molecule has 0 radical (unpaired) electrons. The molecule has 2 aromatic heterocycles. The lowest BCUT2D eigenvalue weighted by molar-refractivity contribution is -0.117. The Labute approximate surface area is 141 Å². The SMILES string of the molecule is Cc1nc(C)c(-c2csc(CC(=O)Cc3c(F)cccc3F)n2)o1. The molecule has 0 N–H and O–H groups in total. The van der Waals surface area contributed by atoms with Gasteiger partial charge in [-0.1, -0.05) is 6.07 Å². The summed E-state index contributed by atoms with van der Waals surface area (Å²) in [5.74, 6) is -0.608. The van der Waals surface area contributed by atoms with E-state index >= 15 is 0 Å². The number of oxazole rings is 1. The van der Waals surface area contributed by atoms with Gasteiger partial charge >= 0.3 is 0 Å². The summed E-state index contributed by atoms with van der Waals surface area (Å²) in [5, 5.41) is 2.35. The summed E-state index contributed by atoms with van der Waals surface area (Å²) in [4.78, 5) is 20.6. The van der Waals surface area contributed by atoms with Gasteiger partial charge in [0.1, 0.15) is 28.1 Å². The fourth-order valence-electron chi connectivity index (χ4n) is 2.39. The van der Waals surface area contributed by atoms with Gasteiger partial charge in [-0.2, -0.15) is 0 Å². The number of aryl methyl sites for hydroxylation is 2. The number of nitrogens with zero attached hydrogens (tertiary/aromatic N) is 2. The van der Waals surface area contributed by atoms with Crippen LogP contribution in [-0.2, 0) is 17.6 Å². The number of ketones is 1. The van der Waals surface area contributed by atoms with Gasteiger partial charge in [0.2, 0.25) is 0 Å². The van der Waals surface area contributed by atoms with Crippen molar-refractivity contribution in [2.75, 3.05) is 0 Å². The van der Waals surface area contributed by atoms with Crippen molar-refractivity contribution in [1.29, 1.82) is 0 Å². The molecule has 0 unspecified atom stereocenters. The molecule has 24 heavy (non-hydrogen) atoms. The lowest BCUT2D eigenvalue weighted by Crippen LogP contribution is -2.09. The molecule has 0 aliphatic heterocycles. The number of halogens is 2. The van der Waals surface area contributed by atoms with Crippen LogP contribution in [0.2, 0.25) is 0 Å². The van der Waals surface area contributed by atoms with Gasteiger partial charge in [-0.05, 0) is 19.1 Å². The van der Waals surface area contributed by atoms with Gasteiger partial charge in [0.15, 0.2) is 11.7 Å². The second-order valence-corrected chi connectivity index (χ2v) is 6.31. The van der Waals surface area contributed by atoms with Crippen molar-refractivity contribution >= 4 is 17.1 Å². The van der Waals surface area contributed by atoms with E-state index in [4.69, 9.17) is 4.42 Å². The van der Waals surface area contributed by atoms with Crippen LogP contribution in [-0.4, -0.2) is 15.8 Å². The highest BCUT2D eigenvalue weighted by Gasteiger charge is 2.17. The van der Waals surface area contributed by atoms with Gasteiger partial charge in [-0.3, -0.25) is 4.79 Å². The maximum Gasteiger partial charge on any atom is 0.192 e. The molecule has 0 atom stereocenters. The van der Waals surface area contributed by atoms with E-state index in [9.17, 15) is 13.6 Å². The summed E-state index contributed by atoms with van der Waals surface area (Å²) in [7, 11) is 0. The van der Waals surface area contributed by atoms with Crippen LogP contribution in [0.25, 0.3) is 11.5 Å². The highest BCUT2D eigenvalue weighted by molar-refractivity contribution is 7.10. The summed E-state index contributed by atoms with van der Waals surface area (Å²) in [6, 6.07) is 3.55. The molecule has 2 heterocycles. The average molecular weight is 348 g/mol. The van der Waals surface area contributed by atoms with E-state index in [2.05, 4.69) is 9.97 Å². The molecule has 0 bridgehead atoms. The van der Waals surface area contributed by atoms with Gasteiger partial charge in [-0.25, -0.2) is 18.7 Å². The third-order valence-corrected chi connectivity index (χ3v) is 4.32. The van der Waals surface area contributed by atoms with Crippen molar-refractivity contribution < 1.29 is 18.0 Å². The quantitative estimate of drug-likeness (QED) is 0.698. The van der Waals surface area contributed by atoms with Gasteiger partial charge in [0, 0.05) is 24.3 Å². The van der Waals surface area contributed by atoms with Crippen LogP contribution in [0, 0.1) is 25.5 Å². The topological polar surface area (TPSA) is 56.0 Å². The Morgan fingerprint density at radius 1 is 1.17 bits per heavy atom. The Kier molecular flexibility index (Phi) is 4.53. The predicted octanol–water partition coefficient (Wildman–Crippen LogP) is 4.05.